The molecule has 5 nitrogen and oxygen atoms in total. The van der Waals surface area contributed by atoms with Crippen molar-refractivity contribution in [2.24, 2.45) is 5.73 Å². The number of hydrogen-bond donors (Lipinski definition) is 2. The monoisotopic (exact) mass is 162 g/mol. The van der Waals surface area contributed by atoms with E-state index >= 15 is 0 Å². The van der Waals surface area contributed by atoms with Crippen LogP contribution in [-0.4, -0.2) is 11.0 Å². The van der Waals surface area contributed by atoms with Crippen LogP contribution in [0, 0.1) is 11.3 Å². The number of nitrogens with zero attached hydrogens (tertiary/aromatic N) is 2. The summed E-state index contributed by atoms with van der Waals surface area (Å²) in [5, 5.41) is 10.8. The van der Waals surface area contributed by atoms with Gasteiger partial charge in [-0.25, -0.2) is 9.78 Å². The first-order valence-electron chi connectivity index (χ1n) is 3.15. The Labute approximate surface area is 68.8 Å². The fraction of sp³-hybridized carbons (Fsp3) is 0. The number of rotatable bonds is 1. The van der Waals surface area contributed by atoms with Crippen molar-refractivity contribution in [3.8, 4) is 6.07 Å². The average Bonchev–Trinajstić information content (AvgIpc) is 2.03. The number of nitriles is 1. The summed E-state index contributed by atoms with van der Waals surface area (Å²) in [6.07, 6.45) is 1.42. The van der Waals surface area contributed by atoms with Gasteiger partial charge in [0.1, 0.15) is 11.8 Å². The van der Waals surface area contributed by atoms with E-state index in [-0.39, 0.29) is 5.69 Å². The second-order valence-electron chi connectivity index (χ2n) is 2.03. The number of pyridine rings is 1. The molecule has 0 unspecified atom stereocenters. The molecule has 60 valence electrons. The maximum atomic E-state index is 10.4. The number of hydrogen-bond acceptors (Lipinski definition) is 3. The predicted octanol–water partition coefficient (Wildman–Crippen LogP) is 0.444. The van der Waals surface area contributed by atoms with Crippen molar-refractivity contribution in [1.29, 1.82) is 5.26 Å². The Balaban J connectivity index is 2.88. The number of urea groups is 1. The molecule has 5 heteroatoms. The second-order valence-corrected chi connectivity index (χ2v) is 2.03. The Morgan fingerprint density at radius 1 is 1.75 bits per heavy atom. The lowest BCUT2D eigenvalue weighted by Gasteiger charge is -1.99. The van der Waals surface area contributed by atoms with Crippen LogP contribution in [0.5, 0.6) is 0 Å². The van der Waals surface area contributed by atoms with Gasteiger partial charge in [-0.1, -0.05) is 0 Å². The molecule has 0 spiro atoms. The smallest absolute Gasteiger partial charge is 0.316 e. The van der Waals surface area contributed by atoms with Crippen molar-refractivity contribution in [3.63, 3.8) is 0 Å². The van der Waals surface area contributed by atoms with E-state index in [9.17, 15) is 4.79 Å². The van der Waals surface area contributed by atoms with Crippen molar-refractivity contribution in [2.45, 2.75) is 0 Å². The van der Waals surface area contributed by atoms with E-state index in [1.807, 2.05) is 6.07 Å². The topological polar surface area (TPSA) is 91.8 Å². The van der Waals surface area contributed by atoms with Gasteiger partial charge in [-0.15, -0.1) is 0 Å². The van der Waals surface area contributed by atoms with Crippen molar-refractivity contribution in [3.05, 3.63) is 24.0 Å². The molecule has 1 aromatic rings. The number of anilines is 1. The Morgan fingerprint density at radius 3 is 3.08 bits per heavy atom. The first-order valence-corrected chi connectivity index (χ1v) is 3.15. The summed E-state index contributed by atoms with van der Waals surface area (Å²) in [6.45, 7) is 0. The van der Waals surface area contributed by atoms with Gasteiger partial charge in [0.15, 0.2) is 0 Å². The molecule has 3 N–H and O–H groups in total. The Morgan fingerprint density at radius 2 is 2.50 bits per heavy atom. The Kier molecular flexibility index (Phi) is 2.23. The van der Waals surface area contributed by atoms with Gasteiger partial charge in [-0.2, -0.15) is 5.26 Å². The molecule has 0 aromatic carbocycles. The van der Waals surface area contributed by atoms with Crippen molar-refractivity contribution < 1.29 is 4.79 Å². The van der Waals surface area contributed by atoms with Gasteiger partial charge in [0.05, 0.1) is 0 Å². The molecule has 0 aliphatic rings. The molecular weight excluding hydrogens is 156 g/mol. The molecule has 0 saturated heterocycles. The van der Waals surface area contributed by atoms with Gasteiger partial charge in [-0.3, -0.25) is 0 Å². The van der Waals surface area contributed by atoms with Crippen LogP contribution >= 0.6 is 0 Å². The lowest BCUT2D eigenvalue weighted by atomic mass is 10.3. The first kappa shape index (κ1) is 8.01. The van der Waals surface area contributed by atoms with Crippen molar-refractivity contribution in [1.82, 2.24) is 4.98 Å². The molecule has 0 atom stereocenters. The van der Waals surface area contributed by atoms with E-state index in [0.717, 1.165) is 0 Å². The molecule has 1 rings (SSSR count). The SMILES string of the molecule is N#Cc1cc(NC(N)=O)ccn1. The van der Waals surface area contributed by atoms with Gasteiger partial charge in [0.2, 0.25) is 0 Å². The van der Waals surface area contributed by atoms with Crippen molar-refractivity contribution >= 4 is 11.7 Å². The molecule has 0 saturated carbocycles. The fourth-order valence-corrected chi connectivity index (χ4v) is 0.712. The van der Waals surface area contributed by atoms with Crippen LogP contribution in [0.3, 0.4) is 0 Å². The standard InChI is InChI=1S/C7H6N4O/c8-4-6-3-5(1-2-10-6)11-7(9)12/h1-3H,(H3,9,10,11,12). The molecule has 0 aliphatic carbocycles. The lowest BCUT2D eigenvalue weighted by molar-refractivity contribution is 0.259. The number of nitrogens with two attached hydrogens (primary N) is 1. The highest BCUT2D eigenvalue weighted by Gasteiger charge is 1.97. The third kappa shape index (κ3) is 1.95. The predicted molar refractivity (Wildman–Crippen MR) is 42.2 cm³/mol. The molecule has 1 aromatic heterocycles. The molecular formula is C7H6N4O. The highest BCUT2D eigenvalue weighted by molar-refractivity contribution is 5.87. The summed E-state index contributed by atoms with van der Waals surface area (Å²) in [4.78, 5) is 14.1. The number of carbonyl (C=O) groups is 1. The van der Waals surface area contributed by atoms with E-state index in [1.54, 1.807) is 6.07 Å². The molecule has 1 heterocycles. The van der Waals surface area contributed by atoms with Crippen LogP contribution in [-0.2, 0) is 0 Å². The zero-order chi connectivity index (χ0) is 8.97. The number of carbonyl (C=O) groups excluding carboxylic acids is 1. The quantitative estimate of drug-likeness (QED) is 0.627. The van der Waals surface area contributed by atoms with Crippen LogP contribution < -0.4 is 11.1 Å². The minimum Gasteiger partial charge on any atom is -0.351 e. The Hall–Kier alpha value is -2.09. The maximum Gasteiger partial charge on any atom is 0.316 e. The summed E-state index contributed by atoms with van der Waals surface area (Å²) in [6, 6.07) is 4.16. The van der Waals surface area contributed by atoms with Gasteiger partial charge < -0.3 is 11.1 Å². The highest BCUT2D eigenvalue weighted by atomic mass is 16.2. The molecule has 0 bridgehead atoms. The number of aromatic nitrogens is 1. The van der Waals surface area contributed by atoms with E-state index in [1.165, 1.54) is 12.3 Å². The summed E-state index contributed by atoms with van der Waals surface area (Å²) < 4.78 is 0. The van der Waals surface area contributed by atoms with Gasteiger partial charge in [0.25, 0.3) is 0 Å². The molecule has 2 amide bonds. The van der Waals surface area contributed by atoms with Crippen LogP contribution in [0.4, 0.5) is 10.5 Å². The summed E-state index contributed by atoms with van der Waals surface area (Å²) in [5.74, 6) is 0. The summed E-state index contributed by atoms with van der Waals surface area (Å²) >= 11 is 0. The molecule has 12 heavy (non-hydrogen) atoms. The fourth-order valence-electron chi connectivity index (χ4n) is 0.712. The third-order valence-corrected chi connectivity index (χ3v) is 1.14. The van der Waals surface area contributed by atoms with Gasteiger partial charge in [0, 0.05) is 11.9 Å². The van der Waals surface area contributed by atoms with E-state index in [4.69, 9.17) is 11.0 Å². The summed E-state index contributed by atoms with van der Waals surface area (Å²) in [5.41, 5.74) is 5.57. The zero-order valence-electron chi connectivity index (χ0n) is 6.11. The van der Waals surface area contributed by atoms with Gasteiger partial charge in [-0.05, 0) is 12.1 Å². The van der Waals surface area contributed by atoms with E-state index in [0.29, 0.717) is 5.69 Å². The minimum absolute atomic E-state index is 0.237. The van der Waals surface area contributed by atoms with Crippen molar-refractivity contribution in [2.75, 3.05) is 5.32 Å². The molecule has 0 radical (unpaired) electrons. The minimum atomic E-state index is -0.662. The Bertz CT molecular complexity index is 342. The zero-order valence-corrected chi connectivity index (χ0v) is 6.11. The lowest BCUT2D eigenvalue weighted by Crippen LogP contribution is -2.19. The average molecular weight is 162 g/mol. The number of primary amides is 1. The highest BCUT2D eigenvalue weighted by Crippen LogP contribution is 2.05. The van der Waals surface area contributed by atoms with Crippen LogP contribution in [0.1, 0.15) is 5.69 Å². The number of nitrogens with one attached hydrogen (secondary N) is 1. The first-order chi connectivity index (χ1) is 5.72. The number of amides is 2. The maximum absolute atomic E-state index is 10.4. The largest absolute Gasteiger partial charge is 0.351 e. The van der Waals surface area contributed by atoms with E-state index in [2.05, 4.69) is 10.3 Å². The van der Waals surface area contributed by atoms with Crippen LogP contribution in [0.25, 0.3) is 0 Å². The van der Waals surface area contributed by atoms with Gasteiger partial charge >= 0.3 is 6.03 Å². The third-order valence-electron chi connectivity index (χ3n) is 1.14. The van der Waals surface area contributed by atoms with E-state index < -0.39 is 6.03 Å². The van der Waals surface area contributed by atoms with Crippen LogP contribution in [0.15, 0.2) is 18.3 Å². The van der Waals surface area contributed by atoms with Crippen LogP contribution in [0.2, 0.25) is 0 Å². The molecule has 0 aliphatic heterocycles. The normalized spacial score (nSPS) is 8.58. The summed E-state index contributed by atoms with van der Waals surface area (Å²) in [7, 11) is 0. The molecule has 0 fully saturated rings. The second kappa shape index (κ2) is 3.34.